The molecule has 132 valence electrons. The van der Waals surface area contributed by atoms with Crippen LogP contribution in [0.5, 0.6) is 5.75 Å². The van der Waals surface area contributed by atoms with E-state index in [1.807, 2.05) is 18.2 Å². The highest BCUT2D eigenvalue weighted by Gasteiger charge is 2.43. The van der Waals surface area contributed by atoms with E-state index in [4.69, 9.17) is 4.74 Å². The van der Waals surface area contributed by atoms with Crippen molar-refractivity contribution in [3.8, 4) is 5.75 Å². The van der Waals surface area contributed by atoms with Gasteiger partial charge < -0.3 is 15.0 Å². The number of likely N-dealkylation sites (tertiary alicyclic amines) is 1. The average Bonchev–Trinajstić information content (AvgIpc) is 3.13. The number of aromatic amines is 1. The van der Waals surface area contributed by atoms with Crippen LogP contribution in [0.15, 0.2) is 34.9 Å². The van der Waals surface area contributed by atoms with Gasteiger partial charge >= 0.3 is 0 Å². The Morgan fingerprint density at radius 2 is 2.20 bits per heavy atom. The van der Waals surface area contributed by atoms with Gasteiger partial charge in [-0.05, 0) is 44.2 Å². The SMILES string of the molecule is CN1CCC2(CC1)CC(NC(=O)c1ccn[nH]1)c1cc(Br)ccc1O2. The smallest absolute Gasteiger partial charge is 0.269 e. The fourth-order valence-corrected chi connectivity index (χ4v) is 4.10. The normalized spacial score (nSPS) is 22.2. The first-order valence-corrected chi connectivity index (χ1v) is 9.31. The minimum absolute atomic E-state index is 0.0829. The zero-order valence-electron chi connectivity index (χ0n) is 14.1. The Morgan fingerprint density at radius 3 is 2.92 bits per heavy atom. The Kier molecular flexibility index (Phi) is 4.29. The van der Waals surface area contributed by atoms with Gasteiger partial charge in [-0.15, -0.1) is 0 Å². The second kappa shape index (κ2) is 6.46. The van der Waals surface area contributed by atoms with Crippen molar-refractivity contribution in [3.05, 3.63) is 46.2 Å². The van der Waals surface area contributed by atoms with E-state index in [2.05, 4.69) is 43.4 Å². The molecule has 2 N–H and O–H groups in total. The standard InChI is InChI=1S/C18H21BrN4O2/c1-23-8-5-18(6-9-23)11-15(21-17(24)14-4-7-20-22-14)13-10-12(19)2-3-16(13)25-18/h2-4,7,10,15H,5-6,8-9,11H2,1H3,(H,20,22)(H,21,24). The first-order chi connectivity index (χ1) is 12.0. The summed E-state index contributed by atoms with van der Waals surface area (Å²) in [5, 5.41) is 9.76. The molecule has 7 heteroatoms. The number of nitrogens with one attached hydrogen (secondary N) is 2. The highest BCUT2D eigenvalue weighted by Crippen LogP contribution is 2.45. The van der Waals surface area contributed by atoms with Crippen LogP contribution in [0.2, 0.25) is 0 Å². The van der Waals surface area contributed by atoms with Gasteiger partial charge in [0.2, 0.25) is 0 Å². The molecule has 6 nitrogen and oxygen atoms in total. The van der Waals surface area contributed by atoms with E-state index >= 15 is 0 Å². The van der Waals surface area contributed by atoms with Crippen molar-refractivity contribution in [2.75, 3.05) is 20.1 Å². The van der Waals surface area contributed by atoms with Crippen LogP contribution >= 0.6 is 15.9 Å². The quantitative estimate of drug-likeness (QED) is 0.806. The molecule has 2 aliphatic heterocycles. The number of amides is 1. The molecule has 0 aliphatic carbocycles. The first kappa shape index (κ1) is 16.6. The molecule has 3 heterocycles. The van der Waals surface area contributed by atoms with E-state index in [1.165, 1.54) is 0 Å². The molecule has 1 aromatic carbocycles. The molecule has 2 aromatic rings. The molecule has 1 saturated heterocycles. The van der Waals surface area contributed by atoms with Gasteiger partial charge in [0.1, 0.15) is 17.0 Å². The lowest BCUT2D eigenvalue weighted by molar-refractivity contribution is -0.0196. The summed E-state index contributed by atoms with van der Waals surface area (Å²) in [5.74, 6) is 0.729. The van der Waals surface area contributed by atoms with Gasteiger partial charge in [0.05, 0.1) is 6.04 Å². The summed E-state index contributed by atoms with van der Waals surface area (Å²) < 4.78 is 7.43. The van der Waals surface area contributed by atoms with Crippen LogP contribution in [0.1, 0.15) is 41.4 Å². The third kappa shape index (κ3) is 3.30. The number of fused-ring (bicyclic) bond motifs is 1. The number of H-pyrrole nitrogens is 1. The molecule has 1 spiro atoms. The summed E-state index contributed by atoms with van der Waals surface area (Å²) in [4.78, 5) is 14.9. The third-order valence-electron chi connectivity index (χ3n) is 5.20. The molecule has 1 atom stereocenters. The zero-order chi connectivity index (χ0) is 17.4. The number of aromatic nitrogens is 2. The van der Waals surface area contributed by atoms with Gasteiger partial charge in [-0.2, -0.15) is 5.10 Å². The maximum atomic E-state index is 12.5. The Morgan fingerprint density at radius 1 is 1.40 bits per heavy atom. The van der Waals surface area contributed by atoms with Crippen molar-refractivity contribution in [2.45, 2.75) is 30.9 Å². The number of halogens is 1. The number of carbonyl (C=O) groups excluding carboxylic acids is 1. The van der Waals surface area contributed by atoms with E-state index in [0.717, 1.165) is 48.1 Å². The maximum Gasteiger partial charge on any atom is 0.269 e. The highest BCUT2D eigenvalue weighted by atomic mass is 79.9. The molecule has 1 unspecified atom stereocenters. The van der Waals surface area contributed by atoms with Gasteiger partial charge in [-0.1, -0.05) is 15.9 Å². The fraction of sp³-hybridized carbons (Fsp3) is 0.444. The summed E-state index contributed by atoms with van der Waals surface area (Å²) in [7, 11) is 2.14. The molecule has 0 saturated carbocycles. The van der Waals surface area contributed by atoms with E-state index < -0.39 is 0 Å². The van der Waals surface area contributed by atoms with Gasteiger partial charge in [0, 0.05) is 35.7 Å². The summed E-state index contributed by atoms with van der Waals surface area (Å²) >= 11 is 3.53. The number of ether oxygens (including phenoxy) is 1. The summed E-state index contributed by atoms with van der Waals surface area (Å²) in [6.07, 6.45) is 4.30. The van der Waals surface area contributed by atoms with E-state index in [-0.39, 0.29) is 17.6 Å². The first-order valence-electron chi connectivity index (χ1n) is 8.52. The number of nitrogens with zero attached hydrogens (tertiary/aromatic N) is 2. The zero-order valence-corrected chi connectivity index (χ0v) is 15.7. The highest BCUT2D eigenvalue weighted by molar-refractivity contribution is 9.10. The number of piperidine rings is 1. The lowest BCUT2D eigenvalue weighted by Crippen LogP contribution is -2.51. The molecular weight excluding hydrogens is 384 g/mol. The minimum Gasteiger partial charge on any atom is -0.487 e. The van der Waals surface area contributed by atoms with Crippen LogP contribution < -0.4 is 10.1 Å². The summed E-state index contributed by atoms with van der Waals surface area (Å²) in [5.41, 5.74) is 1.28. The number of carbonyl (C=O) groups is 1. The van der Waals surface area contributed by atoms with Crippen LogP contribution in [-0.2, 0) is 0 Å². The van der Waals surface area contributed by atoms with E-state index in [9.17, 15) is 4.79 Å². The Labute approximate surface area is 155 Å². The molecular formula is C18H21BrN4O2. The Hall–Kier alpha value is -1.86. The monoisotopic (exact) mass is 404 g/mol. The van der Waals surface area contributed by atoms with Crippen molar-refractivity contribution >= 4 is 21.8 Å². The van der Waals surface area contributed by atoms with Crippen LogP contribution in [0.3, 0.4) is 0 Å². The van der Waals surface area contributed by atoms with Crippen molar-refractivity contribution < 1.29 is 9.53 Å². The number of rotatable bonds is 2. The predicted octanol–water partition coefficient (Wildman–Crippen LogP) is 2.89. The van der Waals surface area contributed by atoms with Gasteiger partial charge in [-0.25, -0.2) is 0 Å². The van der Waals surface area contributed by atoms with Crippen molar-refractivity contribution in [1.29, 1.82) is 0 Å². The maximum absolute atomic E-state index is 12.5. The van der Waals surface area contributed by atoms with Gasteiger partial charge in [0.25, 0.3) is 5.91 Å². The fourth-order valence-electron chi connectivity index (χ4n) is 3.72. The number of hydrogen-bond donors (Lipinski definition) is 2. The summed E-state index contributed by atoms with van der Waals surface area (Å²) in [6.45, 7) is 2.01. The molecule has 1 aromatic heterocycles. The molecule has 4 rings (SSSR count). The van der Waals surface area contributed by atoms with E-state index in [0.29, 0.717) is 5.69 Å². The minimum atomic E-state index is -0.209. The third-order valence-corrected chi connectivity index (χ3v) is 5.69. The Bertz CT molecular complexity index is 769. The predicted molar refractivity (Wildman–Crippen MR) is 97.6 cm³/mol. The van der Waals surface area contributed by atoms with Crippen LogP contribution in [-0.4, -0.2) is 46.7 Å². The lowest BCUT2D eigenvalue weighted by Gasteiger charge is -2.46. The van der Waals surface area contributed by atoms with Gasteiger partial charge in [0.15, 0.2) is 0 Å². The van der Waals surface area contributed by atoms with Crippen LogP contribution in [0.25, 0.3) is 0 Å². The molecule has 2 aliphatic rings. The largest absolute Gasteiger partial charge is 0.487 e. The number of hydrogen-bond acceptors (Lipinski definition) is 4. The topological polar surface area (TPSA) is 70.2 Å². The molecule has 1 amide bonds. The molecule has 0 radical (unpaired) electrons. The second-order valence-corrected chi connectivity index (χ2v) is 7.89. The molecule has 25 heavy (non-hydrogen) atoms. The van der Waals surface area contributed by atoms with Crippen molar-refractivity contribution in [3.63, 3.8) is 0 Å². The lowest BCUT2D eigenvalue weighted by atomic mass is 9.80. The average molecular weight is 405 g/mol. The Balaban J connectivity index is 1.64. The van der Waals surface area contributed by atoms with Gasteiger partial charge in [-0.3, -0.25) is 9.89 Å². The molecule has 0 bridgehead atoms. The van der Waals surface area contributed by atoms with Crippen molar-refractivity contribution in [1.82, 2.24) is 20.4 Å². The van der Waals surface area contributed by atoms with Crippen molar-refractivity contribution in [2.24, 2.45) is 0 Å². The number of benzene rings is 1. The summed E-state index contributed by atoms with van der Waals surface area (Å²) in [6, 6.07) is 7.62. The van der Waals surface area contributed by atoms with E-state index in [1.54, 1.807) is 12.3 Å². The van der Waals surface area contributed by atoms with Crippen LogP contribution in [0.4, 0.5) is 0 Å². The molecule has 1 fully saturated rings. The van der Waals surface area contributed by atoms with Crippen LogP contribution in [0, 0.1) is 0 Å². The second-order valence-electron chi connectivity index (χ2n) is 6.97.